The number of rotatable bonds is 3. The van der Waals surface area contributed by atoms with Gasteiger partial charge in [-0.3, -0.25) is 4.90 Å². The van der Waals surface area contributed by atoms with E-state index in [1.165, 1.54) is 18.6 Å². The van der Waals surface area contributed by atoms with Gasteiger partial charge in [-0.05, 0) is 30.9 Å². The molecule has 3 rings (SSSR count). The molecular weight excluding hydrogens is 340 g/mol. The van der Waals surface area contributed by atoms with E-state index in [0.717, 1.165) is 39.0 Å². The van der Waals surface area contributed by atoms with Crippen LogP contribution in [-0.4, -0.2) is 36.2 Å². The molecule has 1 atom stereocenters. The SMILES string of the molecule is Cl.Cl.N#Cc1ccc(F)c(O)c1[C@@H](C1CCC1)N1CCNCC1. The molecule has 1 aliphatic heterocycles. The summed E-state index contributed by atoms with van der Waals surface area (Å²) >= 11 is 0. The number of nitriles is 1. The highest BCUT2D eigenvalue weighted by Gasteiger charge is 2.37. The first-order chi connectivity index (χ1) is 10.2. The van der Waals surface area contributed by atoms with Gasteiger partial charge in [-0.25, -0.2) is 4.39 Å². The monoisotopic (exact) mass is 361 g/mol. The number of phenols is 1. The zero-order valence-corrected chi connectivity index (χ0v) is 14.4. The number of nitrogens with zero attached hydrogens (tertiary/aromatic N) is 2. The van der Waals surface area contributed by atoms with Crippen LogP contribution in [0, 0.1) is 23.1 Å². The fraction of sp³-hybridized carbons (Fsp3) is 0.562. The van der Waals surface area contributed by atoms with Crippen molar-refractivity contribution in [2.75, 3.05) is 26.2 Å². The Labute approximate surface area is 148 Å². The number of nitrogens with one attached hydrogen (secondary N) is 1. The van der Waals surface area contributed by atoms with E-state index >= 15 is 0 Å². The van der Waals surface area contributed by atoms with Crippen LogP contribution in [0.15, 0.2) is 12.1 Å². The van der Waals surface area contributed by atoms with Crippen LogP contribution in [0.5, 0.6) is 5.75 Å². The molecule has 2 fully saturated rings. The predicted octanol–water partition coefficient (Wildman–Crippen LogP) is 2.99. The molecule has 2 aliphatic rings. The Morgan fingerprint density at radius 3 is 2.43 bits per heavy atom. The van der Waals surface area contributed by atoms with Crippen LogP contribution in [0.4, 0.5) is 4.39 Å². The van der Waals surface area contributed by atoms with Gasteiger partial charge < -0.3 is 10.4 Å². The maximum Gasteiger partial charge on any atom is 0.165 e. The largest absolute Gasteiger partial charge is 0.505 e. The number of hydrogen-bond donors (Lipinski definition) is 2. The van der Waals surface area contributed by atoms with Gasteiger partial charge in [-0.15, -0.1) is 24.8 Å². The molecule has 1 aliphatic carbocycles. The summed E-state index contributed by atoms with van der Waals surface area (Å²) in [6.45, 7) is 3.51. The predicted molar refractivity (Wildman–Crippen MR) is 91.8 cm³/mol. The second kappa shape index (κ2) is 8.70. The third-order valence-electron chi connectivity index (χ3n) is 4.73. The average Bonchev–Trinajstić information content (AvgIpc) is 2.47. The lowest BCUT2D eigenvalue weighted by Crippen LogP contribution is -2.48. The highest BCUT2D eigenvalue weighted by atomic mass is 35.5. The Hall–Kier alpha value is -1.06. The molecule has 1 heterocycles. The van der Waals surface area contributed by atoms with Gasteiger partial charge in [0.15, 0.2) is 11.6 Å². The summed E-state index contributed by atoms with van der Waals surface area (Å²) in [5.74, 6) is -0.573. The molecule has 1 saturated carbocycles. The summed E-state index contributed by atoms with van der Waals surface area (Å²) in [6, 6.07) is 4.73. The van der Waals surface area contributed by atoms with Crippen LogP contribution < -0.4 is 5.32 Å². The van der Waals surface area contributed by atoms with Gasteiger partial charge in [0.2, 0.25) is 0 Å². The highest BCUT2D eigenvalue weighted by molar-refractivity contribution is 5.85. The molecule has 0 amide bonds. The first-order valence-electron chi connectivity index (χ1n) is 7.58. The normalized spacial score (nSPS) is 19.7. The number of hydrogen-bond acceptors (Lipinski definition) is 4. The van der Waals surface area contributed by atoms with E-state index in [1.54, 1.807) is 0 Å². The minimum atomic E-state index is -0.636. The van der Waals surface area contributed by atoms with Crippen molar-refractivity contribution in [2.24, 2.45) is 5.92 Å². The van der Waals surface area contributed by atoms with Crippen molar-refractivity contribution in [1.29, 1.82) is 5.26 Å². The van der Waals surface area contributed by atoms with Crippen LogP contribution >= 0.6 is 24.8 Å². The number of benzene rings is 1. The van der Waals surface area contributed by atoms with Crippen molar-refractivity contribution in [3.63, 3.8) is 0 Å². The van der Waals surface area contributed by atoms with Gasteiger partial charge in [0.05, 0.1) is 11.6 Å². The lowest BCUT2D eigenvalue weighted by Gasteiger charge is -2.43. The smallest absolute Gasteiger partial charge is 0.165 e. The van der Waals surface area contributed by atoms with E-state index < -0.39 is 5.82 Å². The molecule has 0 aromatic heterocycles. The lowest BCUT2D eigenvalue weighted by atomic mass is 9.75. The van der Waals surface area contributed by atoms with Gasteiger partial charge in [-0.2, -0.15) is 5.26 Å². The fourth-order valence-corrected chi connectivity index (χ4v) is 3.41. The van der Waals surface area contributed by atoms with Crippen molar-refractivity contribution in [3.8, 4) is 11.8 Å². The second-order valence-corrected chi connectivity index (χ2v) is 5.89. The zero-order chi connectivity index (χ0) is 14.8. The number of halogens is 3. The third-order valence-corrected chi connectivity index (χ3v) is 4.73. The van der Waals surface area contributed by atoms with Crippen LogP contribution in [0.3, 0.4) is 0 Å². The van der Waals surface area contributed by atoms with Crippen molar-refractivity contribution in [1.82, 2.24) is 10.2 Å². The standard InChI is InChI=1S/C16H20FN3O.2ClH/c17-13-5-4-12(10-18)14(16(13)21)15(11-2-1-3-11)20-8-6-19-7-9-20;;/h4-5,11,15,19,21H,1-3,6-9H2;2*1H/t15-;;/m1../s1. The quantitative estimate of drug-likeness (QED) is 0.868. The summed E-state index contributed by atoms with van der Waals surface area (Å²) in [5, 5.41) is 22.9. The van der Waals surface area contributed by atoms with Crippen molar-refractivity contribution >= 4 is 24.8 Å². The Morgan fingerprint density at radius 2 is 1.91 bits per heavy atom. The molecule has 4 nitrogen and oxygen atoms in total. The topological polar surface area (TPSA) is 59.3 Å². The lowest BCUT2D eigenvalue weighted by molar-refractivity contribution is 0.0813. The van der Waals surface area contributed by atoms with Gasteiger partial charge in [0.1, 0.15) is 0 Å². The molecule has 0 unspecified atom stereocenters. The summed E-state index contributed by atoms with van der Waals surface area (Å²) in [6.07, 6.45) is 3.33. The van der Waals surface area contributed by atoms with E-state index in [-0.39, 0.29) is 36.6 Å². The number of aromatic hydroxyl groups is 1. The Bertz CT molecular complexity index is 569. The first-order valence-corrected chi connectivity index (χ1v) is 7.58. The van der Waals surface area contributed by atoms with Gasteiger partial charge in [-0.1, -0.05) is 6.42 Å². The molecule has 1 saturated heterocycles. The van der Waals surface area contributed by atoms with Crippen LogP contribution in [0.25, 0.3) is 0 Å². The molecule has 23 heavy (non-hydrogen) atoms. The van der Waals surface area contributed by atoms with E-state index in [1.807, 2.05) is 0 Å². The van der Waals surface area contributed by atoms with Crippen LogP contribution in [0.2, 0.25) is 0 Å². The Balaban J connectivity index is 0.00000132. The minimum Gasteiger partial charge on any atom is -0.505 e. The second-order valence-electron chi connectivity index (χ2n) is 5.89. The van der Waals surface area contributed by atoms with Crippen LogP contribution in [-0.2, 0) is 0 Å². The molecule has 0 spiro atoms. The zero-order valence-electron chi connectivity index (χ0n) is 12.8. The Morgan fingerprint density at radius 1 is 1.26 bits per heavy atom. The Kier molecular flexibility index (Phi) is 7.56. The minimum absolute atomic E-state index is 0. The van der Waals surface area contributed by atoms with Crippen LogP contribution in [0.1, 0.15) is 36.4 Å². The summed E-state index contributed by atoms with van der Waals surface area (Å²) in [4.78, 5) is 2.29. The van der Waals surface area contributed by atoms with Crippen molar-refractivity contribution < 1.29 is 9.50 Å². The van der Waals surface area contributed by atoms with E-state index in [4.69, 9.17) is 0 Å². The van der Waals surface area contributed by atoms with Gasteiger partial charge in [0, 0.05) is 37.8 Å². The van der Waals surface area contributed by atoms with E-state index in [9.17, 15) is 14.8 Å². The van der Waals surface area contributed by atoms with Crippen molar-refractivity contribution in [3.05, 3.63) is 29.1 Å². The van der Waals surface area contributed by atoms with E-state index in [2.05, 4.69) is 16.3 Å². The fourth-order valence-electron chi connectivity index (χ4n) is 3.41. The molecule has 0 radical (unpaired) electrons. The molecule has 128 valence electrons. The molecular formula is C16H22Cl2FN3O. The molecule has 7 heteroatoms. The number of piperazine rings is 1. The first kappa shape index (κ1) is 20.0. The summed E-state index contributed by atoms with van der Waals surface area (Å²) in [5.41, 5.74) is 0.883. The van der Waals surface area contributed by atoms with Crippen molar-refractivity contribution in [2.45, 2.75) is 25.3 Å². The summed E-state index contributed by atoms with van der Waals surface area (Å²) in [7, 11) is 0. The maximum atomic E-state index is 13.8. The highest BCUT2D eigenvalue weighted by Crippen LogP contribution is 2.45. The number of phenolic OH excluding ortho intramolecular Hbond substituents is 1. The summed E-state index contributed by atoms with van der Waals surface area (Å²) < 4.78 is 13.8. The molecule has 1 aromatic carbocycles. The molecule has 0 bridgehead atoms. The molecule has 2 N–H and O–H groups in total. The average molecular weight is 362 g/mol. The van der Waals surface area contributed by atoms with E-state index in [0.29, 0.717) is 17.0 Å². The maximum absolute atomic E-state index is 13.8. The van der Waals surface area contributed by atoms with Gasteiger partial charge in [0.25, 0.3) is 0 Å². The van der Waals surface area contributed by atoms with Gasteiger partial charge >= 0.3 is 0 Å². The molecule has 1 aromatic rings. The third kappa shape index (κ3) is 3.89.